The zero-order chi connectivity index (χ0) is 11.5. The van der Waals surface area contributed by atoms with Crippen LogP contribution in [-0.4, -0.2) is 15.4 Å². The summed E-state index contributed by atoms with van der Waals surface area (Å²) in [5, 5.41) is 11.4. The molecule has 0 spiro atoms. The first kappa shape index (κ1) is 11.0. The molecule has 1 aromatic carbocycles. The molecule has 1 heterocycles. The highest BCUT2D eigenvalue weighted by atomic mass is 35.5. The van der Waals surface area contributed by atoms with Gasteiger partial charge in [0.2, 0.25) is 0 Å². The second kappa shape index (κ2) is 4.60. The minimum atomic E-state index is 0.144. The Kier molecular flexibility index (Phi) is 3.17. The Labute approximate surface area is 103 Å². The fraction of sp³-hybridized carbons (Fsp3) is 0. The summed E-state index contributed by atoms with van der Waals surface area (Å²) in [6.07, 6.45) is 1.72. The van der Waals surface area contributed by atoms with E-state index in [1.807, 2.05) is 24.3 Å². The van der Waals surface area contributed by atoms with E-state index in [1.54, 1.807) is 6.08 Å². The number of benzene rings is 1. The van der Waals surface area contributed by atoms with Gasteiger partial charge in [-0.2, -0.15) is 0 Å². The van der Waals surface area contributed by atoms with Crippen molar-refractivity contribution >= 4 is 29.3 Å². The Morgan fingerprint density at radius 3 is 2.62 bits per heavy atom. The monoisotopic (exact) mass is 251 g/mol. The molecule has 0 saturated heterocycles. The van der Waals surface area contributed by atoms with Crippen molar-refractivity contribution in [3.05, 3.63) is 46.6 Å². The topological polar surface area (TPSA) is 38.7 Å². The molecule has 0 unspecified atom stereocenters. The molecule has 16 heavy (non-hydrogen) atoms. The average Bonchev–Trinajstić information content (AvgIpc) is 2.33. The maximum atomic E-state index is 6.03. The summed E-state index contributed by atoms with van der Waals surface area (Å²) < 4.78 is 0. The number of hydrogen-bond acceptors (Lipinski definition) is 3. The zero-order valence-corrected chi connectivity index (χ0v) is 9.70. The minimum Gasteiger partial charge on any atom is -0.128 e. The van der Waals surface area contributed by atoms with Crippen LogP contribution in [0.15, 0.2) is 30.8 Å². The Balaban J connectivity index is 2.67. The largest absolute Gasteiger partial charge is 0.174 e. The van der Waals surface area contributed by atoms with Crippen molar-refractivity contribution in [1.29, 1.82) is 0 Å². The van der Waals surface area contributed by atoms with E-state index in [-0.39, 0.29) is 5.15 Å². The molecule has 5 heteroatoms. The van der Waals surface area contributed by atoms with Crippen LogP contribution in [0.25, 0.3) is 17.3 Å². The lowest BCUT2D eigenvalue weighted by atomic mass is 10.0. The third kappa shape index (κ3) is 1.92. The van der Waals surface area contributed by atoms with Gasteiger partial charge in [-0.1, -0.05) is 60.1 Å². The van der Waals surface area contributed by atoms with Crippen molar-refractivity contribution in [1.82, 2.24) is 15.4 Å². The van der Waals surface area contributed by atoms with Gasteiger partial charge in [0.1, 0.15) is 10.7 Å². The molecule has 3 nitrogen and oxygen atoms in total. The third-order valence-electron chi connectivity index (χ3n) is 2.10. The molecule has 0 saturated carbocycles. The summed E-state index contributed by atoms with van der Waals surface area (Å²) in [5.41, 5.74) is 2.26. The number of nitrogens with zero attached hydrogens (tertiary/aromatic N) is 3. The summed E-state index contributed by atoms with van der Waals surface area (Å²) in [6.45, 7) is 3.73. The van der Waals surface area contributed by atoms with Gasteiger partial charge in [-0.25, -0.2) is 0 Å². The van der Waals surface area contributed by atoms with E-state index in [0.717, 1.165) is 11.1 Å². The van der Waals surface area contributed by atoms with Crippen molar-refractivity contribution in [2.75, 3.05) is 0 Å². The van der Waals surface area contributed by atoms with E-state index in [0.29, 0.717) is 10.7 Å². The first-order valence-corrected chi connectivity index (χ1v) is 5.26. The maximum absolute atomic E-state index is 6.03. The molecule has 0 amide bonds. The molecule has 0 bridgehead atoms. The highest BCUT2D eigenvalue weighted by Gasteiger charge is 2.12. The lowest BCUT2D eigenvalue weighted by Gasteiger charge is -2.05. The Morgan fingerprint density at radius 1 is 1.12 bits per heavy atom. The fourth-order valence-electron chi connectivity index (χ4n) is 1.35. The number of aromatic nitrogens is 3. The molecule has 80 valence electrons. The van der Waals surface area contributed by atoms with Crippen molar-refractivity contribution in [2.24, 2.45) is 0 Å². The van der Waals surface area contributed by atoms with E-state index in [1.165, 1.54) is 0 Å². The van der Waals surface area contributed by atoms with Crippen LogP contribution in [0.5, 0.6) is 0 Å². The van der Waals surface area contributed by atoms with Crippen molar-refractivity contribution in [2.45, 2.75) is 0 Å². The van der Waals surface area contributed by atoms with Crippen LogP contribution in [-0.2, 0) is 0 Å². The van der Waals surface area contributed by atoms with Crippen molar-refractivity contribution in [3.8, 4) is 11.3 Å². The quantitative estimate of drug-likeness (QED) is 0.821. The molecule has 1 aromatic heterocycles. The van der Waals surface area contributed by atoms with Gasteiger partial charge in [-0.3, -0.25) is 0 Å². The first-order chi connectivity index (χ1) is 7.74. The molecule has 0 aliphatic rings. The van der Waals surface area contributed by atoms with Crippen LogP contribution in [0.2, 0.25) is 10.2 Å². The molecule has 0 N–H and O–H groups in total. The first-order valence-electron chi connectivity index (χ1n) is 4.50. The second-order valence-electron chi connectivity index (χ2n) is 3.03. The molecular weight excluding hydrogens is 245 g/mol. The smallest absolute Gasteiger partial charge is 0.128 e. The van der Waals surface area contributed by atoms with E-state index < -0.39 is 0 Å². The van der Waals surface area contributed by atoms with E-state index >= 15 is 0 Å². The van der Waals surface area contributed by atoms with Crippen LogP contribution < -0.4 is 0 Å². The summed E-state index contributed by atoms with van der Waals surface area (Å²) in [7, 11) is 0. The van der Waals surface area contributed by atoms with Gasteiger partial charge in [0, 0.05) is 5.56 Å². The summed E-state index contributed by atoms with van der Waals surface area (Å²) in [5.74, 6) is 0. The Morgan fingerprint density at radius 2 is 1.88 bits per heavy atom. The van der Waals surface area contributed by atoms with E-state index in [4.69, 9.17) is 23.2 Å². The Hall–Kier alpha value is -1.45. The second-order valence-corrected chi connectivity index (χ2v) is 3.77. The van der Waals surface area contributed by atoms with Gasteiger partial charge in [-0.05, 0) is 10.8 Å². The summed E-state index contributed by atoms with van der Waals surface area (Å²) in [6, 6.07) is 7.58. The zero-order valence-electron chi connectivity index (χ0n) is 8.19. The molecule has 0 aliphatic carbocycles. The van der Waals surface area contributed by atoms with Gasteiger partial charge < -0.3 is 0 Å². The van der Waals surface area contributed by atoms with Crippen molar-refractivity contribution < 1.29 is 0 Å². The van der Waals surface area contributed by atoms with Gasteiger partial charge in [0.15, 0.2) is 5.15 Å². The van der Waals surface area contributed by atoms with E-state index in [2.05, 4.69) is 22.0 Å². The van der Waals surface area contributed by atoms with Crippen LogP contribution in [0.1, 0.15) is 5.56 Å². The fourth-order valence-corrected chi connectivity index (χ4v) is 1.66. The maximum Gasteiger partial charge on any atom is 0.174 e. The van der Waals surface area contributed by atoms with Crippen LogP contribution >= 0.6 is 23.2 Å². The van der Waals surface area contributed by atoms with Crippen LogP contribution in [0.4, 0.5) is 0 Å². The highest BCUT2D eigenvalue weighted by molar-refractivity contribution is 6.42. The molecule has 0 aliphatic heterocycles. The van der Waals surface area contributed by atoms with Gasteiger partial charge >= 0.3 is 0 Å². The van der Waals surface area contributed by atoms with Crippen LogP contribution in [0, 0.1) is 0 Å². The minimum absolute atomic E-state index is 0.144. The lowest BCUT2D eigenvalue weighted by molar-refractivity contribution is 0.871. The van der Waals surface area contributed by atoms with Gasteiger partial charge in [0.25, 0.3) is 0 Å². The third-order valence-corrected chi connectivity index (χ3v) is 2.82. The summed E-state index contributed by atoms with van der Waals surface area (Å²) in [4.78, 5) is 0. The molecule has 2 aromatic rings. The lowest BCUT2D eigenvalue weighted by Crippen LogP contribution is -1.94. The SMILES string of the molecule is C=Cc1ccccc1-c1nnnc(Cl)c1Cl. The standard InChI is InChI=1S/C11H7Cl2N3/c1-2-7-5-3-4-6-8(7)10-9(12)11(13)15-16-14-10/h2-6H,1H2. The predicted molar refractivity (Wildman–Crippen MR) is 65.4 cm³/mol. The molecule has 2 rings (SSSR count). The number of hydrogen-bond donors (Lipinski definition) is 0. The summed E-state index contributed by atoms with van der Waals surface area (Å²) >= 11 is 11.8. The highest BCUT2D eigenvalue weighted by Crippen LogP contribution is 2.31. The van der Waals surface area contributed by atoms with Crippen LogP contribution in [0.3, 0.4) is 0 Å². The number of rotatable bonds is 2. The predicted octanol–water partition coefficient (Wildman–Crippen LogP) is 3.49. The van der Waals surface area contributed by atoms with Gasteiger partial charge in [-0.15, -0.1) is 10.2 Å². The Bertz CT molecular complexity index is 541. The van der Waals surface area contributed by atoms with Gasteiger partial charge in [0.05, 0.1) is 0 Å². The molecule has 0 radical (unpaired) electrons. The molecular formula is C11H7Cl2N3. The molecule has 0 atom stereocenters. The normalized spacial score (nSPS) is 10.1. The van der Waals surface area contributed by atoms with E-state index in [9.17, 15) is 0 Å². The number of halogens is 2. The van der Waals surface area contributed by atoms with Crippen molar-refractivity contribution in [3.63, 3.8) is 0 Å². The molecule has 0 fully saturated rings. The average molecular weight is 252 g/mol.